The van der Waals surface area contributed by atoms with Crippen molar-refractivity contribution in [1.29, 1.82) is 0 Å². The van der Waals surface area contributed by atoms with Gasteiger partial charge in [0.1, 0.15) is 5.75 Å². The number of hydrogen-bond acceptors (Lipinski definition) is 2. The van der Waals surface area contributed by atoms with Gasteiger partial charge in [-0.05, 0) is 48.2 Å². The number of amides is 1. The number of carbonyl (C=O) groups excluding carboxylic acids is 1. The summed E-state index contributed by atoms with van der Waals surface area (Å²) in [6, 6.07) is 14.8. The summed E-state index contributed by atoms with van der Waals surface area (Å²) in [7, 11) is 0. The normalized spacial score (nSPS) is 15.4. The molecule has 1 heterocycles. The molecule has 0 aromatic heterocycles. The first-order chi connectivity index (χ1) is 10.7. The number of hydrogen-bond donors (Lipinski definition) is 1. The molecule has 0 spiro atoms. The predicted molar refractivity (Wildman–Crippen MR) is 87.9 cm³/mol. The molecule has 0 aliphatic carbocycles. The van der Waals surface area contributed by atoms with Gasteiger partial charge in [0.25, 0.3) is 5.91 Å². The van der Waals surface area contributed by atoms with Gasteiger partial charge in [-0.3, -0.25) is 4.79 Å². The largest absolute Gasteiger partial charge is 0.508 e. The molecule has 1 fully saturated rings. The quantitative estimate of drug-likeness (QED) is 0.907. The lowest BCUT2D eigenvalue weighted by molar-refractivity contribution is 0.0761. The SMILES string of the molecule is O=C(c1cccc(-c2ccc(O)cc2)c1)N1CCCCCC1. The standard InChI is InChI=1S/C19H21NO2/c21-18-10-8-15(9-11-18)16-6-5-7-17(14-16)19(22)20-12-3-1-2-4-13-20/h5-11,14,21H,1-4,12-13H2. The van der Waals surface area contributed by atoms with Crippen molar-refractivity contribution in [1.82, 2.24) is 4.90 Å². The van der Waals surface area contributed by atoms with E-state index in [0.29, 0.717) is 0 Å². The summed E-state index contributed by atoms with van der Waals surface area (Å²) >= 11 is 0. The van der Waals surface area contributed by atoms with Crippen LogP contribution in [0.2, 0.25) is 0 Å². The van der Waals surface area contributed by atoms with E-state index < -0.39 is 0 Å². The molecule has 3 rings (SSSR count). The van der Waals surface area contributed by atoms with E-state index in [1.165, 1.54) is 12.8 Å². The Labute approximate surface area is 131 Å². The Morgan fingerprint density at radius 1 is 0.864 bits per heavy atom. The first-order valence-electron chi connectivity index (χ1n) is 7.93. The van der Waals surface area contributed by atoms with E-state index in [1.54, 1.807) is 12.1 Å². The van der Waals surface area contributed by atoms with Crippen LogP contribution in [0.25, 0.3) is 11.1 Å². The minimum atomic E-state index is 0.127. The number of aromatic hydroxyl groups is 1. The summed E-state index contributed by atoms with van der Waals surface area (Å²) in [5.41, 5.74) is 2.75. The lowest BCUT2D eigenvalue weighted by Crippen LogP contribution is -2.31. The Morgan fingerprint density at radius 3 is 2.23 bits per heavy atom. The van der Waals surface area contributed by atoms with E-state index in [4.69, 9.17) is 0 Å². The maximum Gasteiger partial charge on any atom is 0.253 e. The molecular weight excluding hydrogens is 274 g/mol. The highest BCUT2D eigenvalue weighted by Crippen LogP contribution is 2.23. The topological polar surface area (TPSA) is 40.5 Å². The second-order valence-corrected chi connectivity index (χ2v) is 5.83. The summed E-state index contributed by atoms with van der Waals surface area (Å²) in [4.78, 5) is 14.7. The van der Waals surface area contributed by atoms with Crippen LogP contribution in [0.3, 0.4) is 0 Å². The molecule has 2 aromatic rings. The van der Waals surface area contributed by atoms with Crippen LogP contribution in [0.15, 0.2) is 48.5 Å². The first kappa shape index (κ1) is 14.6. The van der Waals surface area contributed by atoms with Crippen molar-refractivity contribution in [2.75, 3.05) is 13.1 Å². The van der Waals surface area contributed by atoms with Gasteiger partial charge in [0.2, 0.25) is 0 Å². The fourth-order valence-electron chi connectivity index (χ4n) is 2.94. The summed E-state index contributed by atoms with van der Waals surface area (Å²) in [6.45, 7) is 1.73. The second-order valence-electron chi connectivity index (χ2n) is 5.83. The van der Waals surface area contributed by atoms with E-state index in [0.717, 1.165) is 42.6 Å². The van der Waals surface area contributed by atoms with Crippen LogP contribution < -0.4 is 0 Å². The molecule has 0 saturated carbocycles. The molecule has 0 atom stereocenters. The number of phenols is 1. The number of benzene rings is 2. The number of nitrogens with zero attached hydrogens (tertiary/aromatic N) is 1. The van der Waals surface area contributed by atoms with Crippen molar-refractivity contribution in [3.63, 3.8) is 0 Å². The van der Waals surface area contributed by atoms with Crippen LogP contribution >= 0.6 is 0 Å². The van der Waals surface area contributed by atoms with Gasteiger partial charge in [0.05, 0.1) is 0 Å². The minimum absolute atomic E-state index is 0.127. The molecule has 0 radical (unpaired) electrons. The summed E-state index contributed by atoms with van der Waals surface area (Å²) in [5.74, 6) is 0.378. The van der Waals surface area contributed by atoms with E-state index in [9.17, 15) is 9.90 Å². The summed E-state index contributed by atoms with van der Waals surface area (Å²) in [5, 5.41) is 9.38. The third-order valence-electron chi connectivity index (χ3n) is 4.20. The van der Waals surface area contributed by atoms with Crippen LogP contribution in [0.4, 0.5) is 0 Å². The fourth-order valence-corrected chi connectivity index (χ4v) is 2.94. The fraction of sp³-hybridized carbons (Fsp3) is 0.316. The van der Waals surface area contributed by atoms with E-state index in [2.05, 4.69) is 0 Å². The van der Waals surface area contributed by atoms with Crippen molar-refractivity contribution in [3.8, 4) is 16.9 Å². The molecule has 0 unspecified atom stereocenters. The molecule has 22 heavy (non-hydrogen) atoms. The van der Waals surface area contributed by atoms with Crippen LogP contribution in [0.1, 0.15) is 36.0 Å². The molecular formula is C19H21NO2. The van der Waals surface area contributed by atoms with Crippen molar-refractivity contribution in [2.45, 2.75) is 25.7 Å². The zero-order chi connectivity index (χ0) is 15.4. The summed E-state index contributed by atoms with van der Waals surface area (Å²) in [6.07, 6.45) is 4.64. The van der Waals surface area contributed by atoms with E-state index >= 15 is 0 Å². The molecule has 0 bridgehead atoms. The smallest absolute Gasteiger partial charge is 0.253 e. The molecule has 1 saturated heterocycles. The predicted octanol–water partition coefficient (Wildman–Crippen LogP) is 4.08. The van der Waals surface area contributed by atoms with Crippen LogP contribution in [-0.4, -0.2) is 29.0 Å². The Kier molecular flexibility index (Phi) is 4.42. The highest BCUT2D eigenvalue weighted by atomic mass is 16.3. The Balaban J connectivity index is 1.83. The van der Waals surface area contributed by atoms with Gasteiger partial charge in [0.15, 0.2) is 0 Å². The Hall–Kier alpha value is -2.29. The van der Waals surface area contributed by atoms with Gasteiger partial charge in [-0.2, -0.15) is 0 Å². The molecule has 1 amide bonds. The molecule has 1 aliphatic rings. The van der Waals surface area contributed by atoms with Gasteiger partial charge in [0, 0.05) is 18.7 Å². The van der Waals surface area contributed by atoms with E-state index in [-0.39, 0.29) is 11.7 Å². The maximum atomic E-state index is 12.7. The molecule has 3 nitrogen and oxygen atoms in total. The van der Waals surface area contributed by atoms with Crippen LogP contribution in [0.5, 0.6) is 5.75 Å². The Bertz CT molecular complexity index is 641. The minimum Gasteiger partial charge on any atom is -0.508 e. The molecule has 2 aromatic carbocycles. The van der Waals surface area contributed by atoms with Gasteiger partial charge in [-0.25, -0.2) is 0 Å². The highest BCUT2D eigenvalue weighted by molar-refractivity contribution is 5.95. The average Bonchev–Trinajstić information content (AvgIpc) is 2.84. The molecule has 1 N–H and O–H groups in total. The Morgan fingerprint density at radius 2 is 1.55 bits per heavy atom. The number of rotatable bonds is 2. The van der Waals surface area contributed by atoms with Crippen LogP contribution in [0, 0.1) is 0 Å². The highest BCUT2D eigenvalue weighted by Gasteiger charge is 2.17. The van der Waals surface area contributed by atoms with Gasteiger partial charge >= 0.3 is 0 Å². The third-order valence-corrected chi connectivity index (χ3v) is 4.20. The van der Waals surface area contributed by atoms with Gasteiger partial charge in [-0.1, -0.05) is 37.1 Å². The van der Waals surface area contributed by atoms with Crippen molar-refractivity contribution >= 4 is 5.91 Å². The maximum absolute atomic E-state index is 12.7. The third kappa shape index (κ3) is 3.30. The number of carbonyl (C=O) groups is 1. The zero-order valence-corrected chi connectivity index (χ0v) is 12.7. The van der Waals surface area contributed by atoms with Crippen LogP contribution in [-0.2, 0) is 0 Å². The average molecular weight is 295 g/mol. The van der Waals surface area contributed by atoms with E-state index in [1.807, 2.05) is 41.3 Å². The van der Waals surface area contributed by atoms with Crippen molar-refractivity contribution in [3.05, 3.63) is 54.1 Å². The second kappa shape index (κ2) is 6.65. The van der Waals surface area contributed by atoms with Crippen molar-refractivity contribution in [2.24, 2.45) is 0 Å². The lowest BCUT2D eigenvalue weighted by atomic mass is 10.0. The molecule has 3 heteroatoms. The first-order valence-corrected chi connectivity index (χ1v) is 7.93. The lowest BCUT2D eigenvalue weighted by Gasteiger charge is -2.20. The van der Waals surface area contributed by atoms with Crippen molar-refractivity contribution < 1.29 is 9.90 Å². The van der Waals surface area contributed by atoms with Gasteiger partial charge in [-0.15, -0.1) is 0 Å². The summed E-state index contributed by atoms with van der Waals surface area (Å²) < 4.78 is 0. The number of likely N-dealkylation sites (tertiary alicyclic amines) is 1. The molecule has 1 aliphatic heterocycles. The monoisotopic (exact) mass is 295 g/mol. The molecule has 114 valence electrons. The number of phenolic OH excluding ortho intramolecular Hbond substituents is 1. The zero-order valence-electron chi connectivity index (χ0n) is 12.7. The van der Waals surface area contributed by atoms with Gasteiger partial charge < -0.3 is 10.0 Å².